The number of likely N-dealkylation sites (tertiary alicyclic amines) is 1. The van der Waals surface area contributed by atoms with Crippen molar-refractivity contribution in [2.45, 2.75) is 26.3 Å². The highest BCUT2D eigenvalue weighted by Crippen LogP contribution is 2.40. The quantitative estimate of drug-likeness (QED) is 0.429. The van der Waals surface area contributed by atoms with Gasteiger partial charge in [0.15, 0.2) is 0 Å². The number of Topliss-reactive ketones (excluding diaryl/α,β-unsaturated/α-hetero) is 1. The fraction of sp³-hybridized carbons (Fsp3) is 0.381. The topological polar surface area (TPSA) is 89.5 Å². The van der Waals surface area contributed by atoms with Crippen LogP contribution in [-0.2, 0) is 9.59 Å². The van der Waals surface area contributed by atoms with Gasteiger partial charge in [0, 0.05) is 17.3 Å². The van der Waals surface area contributed by atoms with Crippen LogP contribution in [0.5, 0.6) is 0 Å². The SMILES string of the molecule is Cc1n[nH]c(C)c1/C(O)=C1\C(=O)C(=O)N(CCCN(C)C)[C@@H]1c1cccc(Cl)c1. The Balaban J connectivity index is 2.13. The highest BCUT2D eigenvalue weighted by atomic mass is 35.5. The number of ketones is 1. The van der Waals surface area contributed by atoms with E-state index in [1.807, 2.05) is 25.1 Å². The van der Waals surface area contributed by atoms with Crippen molar-refractivity contribution >= 4 is 29.1 Å². The van der Waals surface area contributed by atoms with Gasteiger partial charge in [-0.3, -0.25) is 14.7 Å². The molecule has 154 valence electrons. The Labute approximate surface area is 175 Å². The molecule has 2 heterocycles. The molecule has 0 aliphatic carbocycles. The van der Waals surface area contributed by atoms with Gasteiger partial charge in [-0.25, -0.2) is 0 Å². The molecule has 0 spiro atoms. The molecule has 1 amide bonds. The third-order valence-corrected chi connectivity index (χ3v) is 5.31. The number of aliphatic hydroxyl groups excluding tert-OH is 1. The number of hydrogen-bond acceptors (Lipinski definition) is 5. The number of carbonyl (C=O) groups excluding carboxylic acids is 2. The van der Waals surface area contributed by atoms with Crippen LogP contribution in [0.1, 0.15) is 35.0 Å². The Morgan fingerprint density at radius 1 is 1.31 bits per heavy atom. The maximum atomic E-state index is 13.0. The van der Waals surface area contributed by atoms with Crippen molar-refractivity contribution in [2.24, 2.45) is 0 Å². The molecule has 1 aliphatic heterocycles. The van der Waals surface area contributed by atoms with Crippen molar-refractivity contribution in [1.29, 1.82) is 0 Å². The average molecular weight is 417 g/mol. The predicted octanol–water partition coefficient (Wildman–Crippen LogP) is 3.05. The molecule has 29 heavy (non-hydrogen) atoms. The molecular weight excluding hydrogens is 392 g/mol. The molecule has 7 nitrogen and oxygen atoms in total. The zero-order valence-corrected chi connectivity index (χ0v) is 17.7. The van der Waals surface area contributed by atoms with Gasteiger partial charge in [-0.15, -0.1) is 0 Å². The van der Waals surface area contributed by atoms with Crippen molar-refractivity contribution in [3.63, 3.8) is 0 Å². The van der Waals surface area contributed by atoms with Crippen LogP contribution in [0.15, 0.2) is 29.8 Å². The summed E-state index contributed by atoms with van der Waals surface area (Å²) < 4.78 is 0. The standard InChI is InChI=1S/C21H25ClN4O3/c1-12-16(13(2)24-23-12)19(27)17-18(14-7-5-8-15(22)11-14)26(21(29)20(17)28)10-6-9-25(3)4/h5,7-8,11,18,27H,6,9-10H2,1-4H3,(H,23,24)/b19-17+/t18-/m1/s1. The van der Waals surface area contributed by atoms with Gasteiger partial charge < -0.3 is 14.9 Å². The molecule has 1 aromatic carbocycles. The number of aromatic nitrogens is 2. The number of hydrogen-bond donors (Lipinski definition) is 2. The molecule has 1 aliphatic rings. The summed E-state index contributed by atoms with van der Waals surface area (Å²) in [6, 6.07) is 6.33. The summed E-state index contributed by atoms with van der Waals surface area (Å²) in [5.41, 5.74) is 2.38. The van der Waals surface area contributed by atoms with Crippen LogP contribution in [0, 0.1) is 13.8 Å². The Kier molecular flexibility index (Phi) is 6.10. The third-order valence-electron chi connectivity index (χ3n) is 5.07. The highest BCUT2D eigenvalue weighted by Gasteiger charge is 2.46. The van der Waals surface area contributed by atoms with Crippen LogP contribution in [0.2, 0.25) is 5.02 Å². The number of nitrogens with one attached hydrogen (secondary N) is 1. The summed E-state index contributed by atoms with van der Waals surface area (Å²) in [6.45, 7) is 4.65. The van der Waals surface area contributed by atoms with E-state index >= 15 is 0 Å². The lowest BCUT2D eigenvalue weighted by atomic mass is 9.94. The predicted molar refractivity (Wildman–Crippen MR) is 112 cm³/mol. The van der Waals surface area contributed by atoms with Gasteiger partial charge in [0.05, 0.1) is 22.9 Å². The molecule has 2 N–H and O–H groups in total. The maximum Gasteiger partial charge on any atom is 0.295 e. The summed E-state index contributed by atoms with van der Waals surface area (Å²) in [5, 5.41) is 18.5. The van der Waals surface area contributed by atoms with Crippen molar-refractivity contribution in [3.8, 4) is 0 Å². The van der Waals surface area contributed by atoms with E-state index in [1.54, 1.807) is 32.0 Å². The number of halogens is 1. The second-order valence-electron chi connectivity index (χ2n) is 7.51. The molecule has 0 unspecified atom stereocenters. The van der Waals surface area contributed by atoms with E-state index in [2.05, 4.69) is 10.2 Å². The number of aliphatic hydroxyl groups is 1. The Morgan fingerprint density at radius 3 is 2.62 bits per heavy atom. The molecule has 2 aromatic rings. The van der Waals surface area contributed by atoms with Crippen LogP contribution < -0.4 is 0 Å². The molecular formula is C21H25ClN4O3. The highest BCUT2D eigenvalue weighted by molar-refractivity contribution is 6.46. The van der Waals surface area contributed by atoms with Crippen molar-refractivity contribution < 1.29 is 14.7 Å². The Morgan fingerprint density at radius 2 is 2.03 bits per heavy atom. The monoisotopic (exact) mass is 416 g/mol. The first kappa shape index (κ1) is 21.1. The number of H-pyrrole nitrogens is 1. The number of aromatic amines is 1. The first-order chi connectivity index (χ1) is 13.7. The molecule has 0 saturated carbocycles. The minimum absolute atomic E-state index is 0.0646. The summed E-state index contributed by atoms with van der Waals surface area (Å²) in [7, 11) is 3.90. The number of nitrogens with zero attached hydrogens (tertiary/aromatic N) is 3. The van der Waals surface area contributed by atoms with Gasteiger partial charge in [-0.05, 0) is 58.6 Å². The fourth-order valence-corrected chi connectivity index (χ4v) is 3.92. The number of benzene rings is 1. The van der Waals surface area contributed by atoms with Crippen molar-refractivity contribution in [2.75, 3.05) is 27.2 Å². The zero-order chi connectivity index (χ0) is 21.3. The van der Waals surface area contributed by atoms with Gasteiger partial charge in [0.25, 0.3) is 11.7 Å². The number of rotatable bonds is 6. The van der Waals surface area contributed by atoms with E-state index in [-0.39, 0.29) is 11.3 Å². The average Bonchev–Trinajstić information content (AvgIpc) is 3.12. The smallest absolute Gasteiger partial charge is 0.295 e. The van der Waals surface area contributed by atoms with E-state index in [0.29, 0.717) is 40.5 Å². The molecule has 1 saturated heterocycles. The first-order valence-electron chi connectivity index (χ1n) is 9.43. The maximum absolute atomic E-state index is 13.0. The lowest BCUT2D eigenvalue weighted by molar-refractivity contribution is -0.139. The Hall–Kier alpha value is -2.64. The zero-order valence-electron chi connectivity index (χ0n) is 17.0. The van der Waals surface area contributed by atoms with Gasteiger partial charge >= 0.3 is 0 Å². The van der Waals surface area contributed by atoms with E-state index in [9.17, 15) is 14.7 Å². The normalized spacial score (nSPS) is 18.8. The lowest BCUT2D eigenvalue weighted by Gasteiger charge is -2.26. The molecule has 1 aromatic heterocycles. The summed E-state index contributed by atoms with van der Waals surface area (Å²) in [6.07, 6.45) is 0.695. The number of amides is 1. The largest absolute Gasteiger partial charge is 0.507 e. The summed E-state index contributed by atoms with van der Waals surface area (Å²) >= 11 is 6.18. The van der Waals surface area contributed by atoms with E-state index in [4.69, 9.17) is 11.6 Å². The van der Waals surface area contributed by atoms with Crippen LogP contribution in [0.4, 0.5) is 0 Å². The summed E-state index contributed by atoms with van der Waals surface area (Å²) in [5.74, 6) is -1.53. The lowest BCUT2D eigenvalue weighted by Crippen LogP contribution is -2.32. The third kappa shape index (κ3) is 4.06. The van der Waals surface area contributed by atoms with Gasteiger partial charge in [-0.2, -0.15) is 5.10 Å². The molecule has 0 bridgehead atoms. The van der Waals surface area contributed by atoms with Gasteiger partial charge in [0.2, 0.25) is 0 Å². The van der Waals surface area contributed by atoms with Crippen LogP contribution in [0.25, 0.3) is 5.76 Å². The summed E-state index contributed by atoms with van der Waals surface area (Å²) in [4.78, 5) is 29.4. The minimum Gasteiger partial charge on any atom is -0.507 e. The van der Waals surface area contributed by atoms with E-state index in [0.717, 1.165) is 6.54 Å². The molecule has 8 heteroatoms. The molecule has 3 rings (SSSR count). The van der Waals surface area contributed by atoms with Crippen LogP contribution in [-0.4, -0.2) is 64.0 Å². The van der Waals surface area contributed by atoms with Gasteiger partial charge in [0.1, 0.15) is 5.76 Å². The molecule has 1 fully saturated rings. The molecule has 0 radical (unpaired) electrons. The molecule has 1 atom stereocenters. The van der Waals surface area contributed by atoms with E-state index in [1.165, 1.54) is 4.90 Å². The Bertz CT molecular complexity index is 961. The van der Waals surface area contributed by atoms with Crippen LogP contribution in [0.3, 0.4) is 0 Å². The number of aryl methyl sites for hydroxylation is 2. The van der Waals surface area contributed by atoms with Crippen molar-refractivity contribution in [3.05, 3.63) is 57.4 Å². The minimum atomic E-state index is -0.704. The second kappa shape index (κ2) is 8.39. The fourth-order valence-electron chi connectivity index (χ4n) is 3.73. The van der Waals surface area contributed by atoms with E-state index < -0.39 is 17.7 Å². The van der Waals surface area contributed by atoms with Gasteiger partial charge in [-0.1, -0.05) is 23.7 Å². The number of carbonyl (C=O) groups is 2. The first-order valence-corrected chi connectivity index (χ1v) is 9.80. The van der Waals surface area contributed by atoms with Crippen molar-refractivity contribution in [1.82, 2.24) is 20.0 Å². The van der Waals surface area contributed by atoms with Crippen LogP contribution >= 0.6 is 11.6 Å². The second-order valence-corrected chi connectivity index (χ2v) is 7.95.